The van der Waals surface area contributed by atoms with Gasteiger partial charge in [0.05, 0.1) is 17.0 Å². The second kappa shape index (κ2) is 6.21. The molecule has 0 aliphatic carbocycles. The molecule has 136 valence electrons. The van der Waals surface area contributed by atoms with Crippen molar-refractivity contribution in [1.82, 2.24) is 14.9 Å². The third-order valence-electron chi connectivity index (χ3n) is 5.39. The fourth-order valence-corrected chi connectivity index (χ4v) is 4.08. The van der Waals surface area contributed by atoms with Gasteiger partial charge in [-0.05, 0) is 31.4 Å². The standard InChI is InChI=1S/C18H19N3O5/c22-15-11-5-1-2-6-12(11)16(23)21(15)14-13(18(25)26)7-10-19-8-3-4-9-20(19)17(14)24/h1-2,5-6,13-14H,3-4,7-10H2,(H,25,26)/t13-,14-/m0/s1. The van der Waals surface area contributed by atoms with E-state index < -0.39 is 35.7 Å². The summed E-state index contributed by atoms with van der Waals surface area (Å²) in [6.45, 7) is 1.57. The second-order valence-electron chi connectivity index (χ2n) is 6.83. The lowest BCUT2D eigenvalue weighted by Crippen LogP contribution is -2.58. The molecule has 1 aromatic rings. The first-order valence-corrected chi connectivity index (χ1v) is 8.76. The van der Waals surface area contributed by atoms with Crippen molar-refractivity contribution < 1.29 is 24.3 Å². The summed E-state index contributed by atoms with van der Waals surface area (Å²) in [6.07, 6.45) is 1.95. The number of carboxylic acid groups (broad SMARTS) is 1. The molecule has 8 heteroatoms. The fraction of sp³-hybridized carbons (Fsp3) is 0.444. The zero-order valence-electron chi connectivity index (χ0n) is 14.1. The van der Waals surface area contributed by atoms with E-state index >= 15 is 0 Å². The minimum Gasteiger partial charge on any atom is -0.481 e. The largest absolute Gasteiger partial charge is 0.481 e. The minimum absolute atomic E-state index is 0.204. The highest BCUT2D eigenvalue weighted by Gasteiger charge is 2.51. The summed E-state index contributed by atoms with van der Waals surface area (Å²) in [7, 11) is 0. The Morgan fingerprint density at radius 1 is 0.962 bits per heavy atom. The molecule has 2 atom stereocenters. The average Bonchev–Trinajstić information content (AvgIpc) is 2.80. The lowest BCUT2D eigenvalue weighted by atomic mass is 9.94. The SMILES string of the molecule is O=C(O)[C@H]1CCN2CCCCN2C(=O)[C@H]1N1C(=O)c2ccccc2C1=O. The van der Waals surface area contributed by atoms with Gasteiger partial charge in [-0.15, -0.1) is 0 Å². The lowest BCUT2D eigenvalue weighted by Gasteiger charge is -2.39. The molecule has 0 spiro atoms. The summed E-state index contributed by atoms with van der Waals surface area (Å²) >= 11 is 0. The van der Waals surface area contributed by atoms with Crippen molar-refractivity contribution in [2.75, 3.05) is 19.6 Å². The van der Waals surface area contributed by atoms with E-state index in [1.807, 2.05) is 5.01 Å². The van der Waals surface area contributed by atoms with Crippen LogP contribution in [0.1, 0.15) is 40.0 Å². The third-order valence-corrected chi connectivity index (χ3v) is 5.39. The van der Waals surface area contributed by atoms with Crippen LogP contribution in [-0.2, 0) is 9.59 Å². The van der Waals surface area contributed by atoms with E-state index in [0.29, 0.717) is 19.6 Å². The van der Waals surface area contributed by atoms with Crippen LogP contribution in [0.2, 0.25) is 0 Å². The van der Waals surface area contributed by atoms with Crippen molar-refractivity contribution in [3.63, 3.8) is 0 Å². The van der Waals surface area contributed by atoms with Crippen LogP contribution < -0.4 is 0 Å². The van der Waals surface area contributed by atoms with Crippen LogP contribution in [0.25, 0.3) is 0 Å². The van der Waals surface area contributed by atoms with Crippen molar-refractivity contribution in [2.24, 2.45) is 5.92 Å². The molecule has 3 aliphatic rings. The summed E-state index contributed by atoms with van der Waals surface area (Å²) in [6, 6.07) is 5.02. The molecule has 8 nitrogen and oxygen atoms in total. The molecular weight excluding hydrogens is 338 g/mol. The predicted octanol–water partition coefficient (Wildman–Crippen LogP) is 0.595. The maximum atomic E-state index is 13.2. The van der Waals surface area contributed by atoms with E-state index in [4.69, 9.17) is 0 Å². The Kier molecular flexibility index (Phi) is 3.99. The molecule has 0 radical (unpaired) electrons. The summed E-state index contributed by atoms with van der Waals surface area (Å²) < 4.78 is 0. The van der Waals surface area contributed by atoms with Crippen LogP contribution in [0.5, 0.6) is 0 Å². The van der Waals surface area contributed by atoms with Crippen molar-refractivity contribution in [2.45, 2.75) is 25.3 Å². The number of benzene rings is 1. The lowest BCUT2D eigenvalue weighted by molar-refractivity contribution is -0.158. The molecular formula is C18H19N3O5. The first-order valence-electron chi connectivity index (χ1n) is 8.76. The Morgan fingerprint density at radius 3 is 2.19 bits per heavy atom. The number of nitrogens with zero attached hydrogens (tertiary/aromatic N) is 3. The summed E-state index contributed by atoms with van der Waals surface area (Å²) in [4.78, 5) is 51.6. The van der Waals surface area contributed by atoms with Gasteiger partial charge in [0.2, 0.25) is 0 Å². The molecule has 2 fully saturated rings. The monoisotopic (exact) mass is 357 g/mol. The zero-order valence-corrected chi connectivity index (χ0v) is 14.1. The molecule has 3 aliphatic heterocycles. The predicted molar refractivity (Wildman–Crippen MR) is 89.0 cm³/mol. The molecule has 1 aromatic carbocycles. The van der Waals surface area contributed by atoms with Gasteiger partial charge in [0, 0.05) is 19.6 Å². The first-order chi connectivity index (χ1) is 12.5. The number of carbonyl (C=O) groups excluding carboxylic acids is 3. The fourth-order valence-electron chi connectivity index (χ4n) is 4.08. The number of carbonyl (C=O) groups is 4. The maximum Gasteiger partial charge on any atom is 0.309 e. The van der Waals surface area contributed by atoms with Crippen molar-refractivity contribution in [3.05, 3.63) is 35.4 Å². The van der Waals surface area contributed by atoms with Crippen LogP contribution in [0, 0.1) is 5.92 Å². The maximum absolute atomic E-state index is 13.2. The zero-order chi connectivity index (χ0) is 18.4. The van der Waals surface area contributed by atoms with E-state index in [1.165, 1.54) is 17.1 Å². The van der Waals surface area contributed by atoms with Gasteiger partial charge in [-0.1, -0.05) is 12.1 Å². The van der Waals surface area contributed by atoms with E-state index in [2.05, 4.69) is 0 Å². The molecule has 0 bridgehead atoms. The highest BCUT2D eigenvalue weighted by Crippen LogP contribution is 2.32. The topological polar surface area (TPSA) is 98.2 Å². The Labute approximate surface area is 149 Å². The summed E-state index contributed by atoms with van der Waals surface area (Å²) in [5, 5.41) is 13.1. The Hall–Kier alpha value is -2.74. The molecule has 3 heterocycles. The number of imide groups is 1. The van der Waals surface area contributed by atoms with Crippen molar-refractivity contribution in [3.8, 4) is 0 Å². The van der Waals surface area contributed by atoms with Crippen LogP contribution in [-0.4, -0.2) is 69.4 Å². The van der Waals surface area contributed by atoms with Crippen molar-refractivity contribution in [1.29, 1.82) is 0 Å². The number of aliphatic carboxylic acids is 1. The minimum atomic E-state index is -1.32. The van der Waals surface area contributed by atoms with Gasteiger partial charge in [-0.25, -0.2) is 5.01 Å². The third kappa shape index (κ3) is 2.40. The first kappa shape index (κ1) is 16.7. The summed E-state index contributed by atoms with van der Waals surface area (Å²) in [5.74, 6) is -3.96. The molecule has 3 amide bonds. The summed E-state index contributed by atoms with van der Waals surface area (Å²) in [5.41, 5.74) is 0.434. The van der Waals surface area contributed by atoms with Gasteiger partial charge in [-0.2, -0.15) is 0 Å². The van der Waals surface area contributed by atoms with Gasteiger partial charge >= 0.3 is 5.97 Å². The number of hydrazine groups is 1. The molecule has 0 unspecified atom stereocenters. The number of hydrogen-bond donors (Lipinski definition) is 1. The highest BCUT2D eigenvalue weighted by molar-refractivity contribution is 6.23. The van der Waals surface area contributed by atoms with Crippen LogP contribution in [0.15, 0.2) is 24.3 Å². The van der Waals surface area contributed by atoms with E-state index in [-0.39, 0.29) is 17.5 Å². The quantitative estimate of drug-likeness (QED) is 0.778. The smallest absolute Gasteiger partial charge is 0.309 e. The van der Waals surface area contributed by atoms with Gasteiger partial charge in [0.1, 0.15) is 6.04 Å². The van der Waals surface area contributed by atoms with Crippen LogP contribution in [0.4, 0.5) is 0 Å². The van der Waals surface area contributed by atoms with Crippen LogP contribution >= 0.6 is 0 Å². The van der Waals surface area contributed by atoms with Gasteiger partial charge < -0.3 is 5.11 Å². The van der Waals surface area contributed by atoms with Gasteiger partial charge in [0.15, 0.2) is 0 Å². The Balaban J connectivity index is 1.76. The van der Waals surface area contributed by atoms with Crippen LogP contribution in [0.3, 0.4) is 0 Å². The number of hydrogen-bond acceptors (Lipinski definition) is 5. The molecule has 1 N–H and O–H groups in total. The molecule has 4 rings (SSSR count). The van der Waals surface area contributed by atoms with Gasteiger partial charge in [-0.3, -0.25) is 29.1 Å². The molecule has 26 heavy (non-hydrogen) atoms. The molecule has 0 aromatic heterocycles. The average molecular weight is 357 g/mol. The van der Waals surface area contributed by atoms with E-state index in [9.17, 15) is 24.3 Å². The van der Waals surface area contributed by atoms with E-state index in [0.717, 1.165) is 17.7 Å². The Bertz CT molecular complexity index is 773. The van der Waals surface area contributed by atoms with E-state index in [1.54, 1.807) is 12.1 Å². The second-order valence-corrected chi connectivity index (χ2v) is 6.83. The number of fused-ring (bicyclic) bond motifs is 2. The molecule has 2 saturated heterocycles. The molecule has 0 saturated carbocycles. The number of carboxylic acids is 1. The number of amides is 3. The normalized spacial score (nSPS) is 26.5. The van der Waals surface area contributed by atoms with Gasteiger partial charge in [0.25, 0.3) is 17.7 Å². The van der Waals surface area contributed by atoms with Crippen molar-refractivity contribution >= 4 is 23.7 Å². The number of rotatable bonds is 2. The highest BCUT2D eigenvalue weighted by atomic mass is 16.4. The Morgan fingerprint density at radius 2 is 1.58 bits per heavy atom.